The van der Waals surface area contributed by atoms with Crippen molar-refractivity contribution in [3.05, 3.63) is 48.3 Å². The van der Waals surface area contributed by atoms with Gasteiger partial charge in [0.1, 0.15) is 23.5 Å². The van der Waals surface area contributed by atoms with Crippen LogP contribution in [0.2, 0.25) is 0 Å². The highest BCUT2D eigenvalue weighted by Gasteiger charge is 2.15. The maximum Gasteiger partial charge on any atom is 0.339 e. The number of aromatic nitrogens is 4. The largest absolute Gasteiger partial charge is 0.478 e. The minimum absolute atomic E-state index is 0.0399. The van der Waals surface area contributed by atoms with Gasteiger partial charge in [0.25, 0.3) is 5.88 Å². The van der Waals surface area contributed by atoms with E-state index in [0.717, 1.165) is 18.2 Å². The summed E-state index contributed by atoms with van der Waals surface area (Å²) in [6.45, 7) is 0. The first-order valence-electron chi connectivity index (χ1n) is 5.50. The first-order valence-corrected chi connectivity index (χ1v) is 5.50. The standard InChI is InChI=1S/C12H7FN4O3/c13-7-1-2-8(12(18)19)9(5-7)20-11-10-16-15-6-17(10)4-3-14-11/h1-6H,(H,18,19). The predicted molar refractivity (Wildman–Crippen MR) is 64.2 cm³/mol. The van der Waals surface area contributed by atoms with Gasteiger partial charge >= 0.3 is 5.97 Å². The van der Waals surface area contributed by atoms with E-state index < -0.39 is 11.8 Å². The van der Waals surface area contributed by atoms with Crippen molar-refractivity contribution in [3.8, 4) is 11.6 Å². The van der Waals surface area contributed by atoms with E-state index in [2.05, 4.69) is 15.2 Å². The summed E-state index contributed by atoms with van der Waals surface area (Å²) >= 11 is 0. The molecule has 0 radical (unpaired) electrons. The molecule has 0 unspecified atom stereocenters. The number of aromatic carboxylic acids is 1. The molecule has 0 fully saturated rings. The Hall–Kier alpha value is -3.03. The molecule has 0 amide bonds. The molecule has 0 aliphatic rings. The van der Waals surface area contributed by atoms with Crippen LogP contribution < -0.4 is 4.74 Å². The molecule has 0 atom stereocenters. The molecule has 20 heavy (non-hydrogen) atoms. The fourth-order valence-electron chi connectivity index (χ4n) is 1.67. The Balaban J connectivity index is 2.09. The molecule has 8 heteroatoms. The lowest BCUT2D eigenvalue weighted by molar-refractivity contribution is 0.0694. The minimum Gasteiger partial charge on any atom is -0.478 e. The Kier molecular flexibility index (Phi) is 2.75. The SMILES string of the molecule is O=C(O)c1ccc(F)cc1Oc1nccn2cnnc12. The summed E-state index contributed by atoms with van der Waals surface area (Å²) in [5, 5.41) is 16.5. The van der Waals surface area contributed by atoms with Crippen molar-refractivity contribution in [2.24, 2.45) is 0 Å². The highest BCUT2D eigenvalue weighted by molar-refractivity contribution is 5.91. The zero-order chi connectivity index (χ0) is 14.1. The summed E-state index contributed by atoms with van der Waals surface area (Å²) in [7, 11) is 0. The van der Waals surface area contributed by atoms with E-state index >= 15 is 0 Å². The third-order valence-corrected chi connectivity index (χ3v) is 2.56. The van der Waals surface area contributed by atoms with Gasteiger partial charge in [0, 0.05) is 18.5 Å². The van der Waals surface area contributed by atoms with Gasteiger partial charge in [0.15, 0.2) is 0 Å². The number of carboxylic acid groups (broad SMARTS) is 1. The first kappa shape index (κ1) is 12.0. The summed E-state index contributed by atoms with van der Waals surface area (Å²) < 4.78 is 20.2. The van der Waals surface area contributed by atoms with Gasteiger partial charge in [-0.3, -0.25) is 4.40 Å². The summed E-state index contributed by atoms with van der Waals surface area (Å²) in [6.07, 6.45) is 4.48. The van der Waals surface area contributed by atoms with Crippen molar-refractivity contribution in [2.75, 3.05) is 0 Å². The summed E-state index contributed by atoms with van der Waals surface area (Å²) in [6, 6.07) is 3.14. The lowest BCUT2D eigenvalue weighted by Gasteiger charge is -2.08. The second kappa shape index (κ2) is 4.57. The van der Waals surface area contributed by atoms with Crippen molar-refractivity contribution in [2.45, 2.75) is 0 Å². The van der Waals surface area contributed by atoms with Gasteiger partial charge < -0.3 is 9.84 Å². The van der Waals surface area contributed by atoms with Gasteiger partial charge in [-0.2, -0.15) is 0 Å². The number of halogens is 1. The molecular formula is C12H7FN4O3. The van der Waals surface area contributed by atoms with Gasteiger partial charge in [-0.05, 0) is 12.1 Å². The average molecular weight is 274 g/mol. The summed E-state index contributed by atoms with van der Waals surface area (Å²) in [5.74, 6) is -1.95. The van der Waals surface area contributed by atoms with Crippen LogP contribution in [0.4, 0.5) is 4.39 Å². The van der Waals surface area contributed by atoms with Crippen LogP contribution in [-0.2, 0) is 0 Å². The van der Waals surface area contributed by atoms with Gasteiger partial charge in [0.2, 0.25) is 5.65 Å². The molecule has 0 spiro atoms. The number of hydrogen-bond acceptors (Lipinski definition) is 5. The normalized spacial score (nSPS) is 10.7. The number of benzene rings is 1. The lowest BCUT2D eigenvalue weighted by Crippen LogP contribution is -2.02. The van der Waals surface area contributed by atoms with E-state index in [1.54, 1.807) is 10.6 Å². The maximum absolute atomic E-state index is 13.2. The van der Waals surface area contributed by atoms with Gasteiger partial charge in [-0.15, -0.1) is 10.2 Å². The van der Waals surface area contributed by atoms with E-state index in [0.29, 0.717) is 5.65 Å². The first-order chi connectivity index (χ1) is 9.65. The number of carbonyl (C=O) groups is 1. The molecule has 7 nitrogen and oxygen atoms in total. The highest BCUT2D eigenvalue weighted by Crippen LogP contribution is 2.26. The molecule has 0 saturated heterocycles. The number of rotatable bonds is 3. The smallest absolute Gasteiger partial charge is 0.339 e. The monoisotopic (exact) mass is 274 g/mol. The quantitative estimate of drug-likeness (QED) is 0.782. The number of fused-ring (bicyclic) bond motifs is 1. The maximum atomic E-state index is 13.2. The van der Waals surface area contributed by atoms with Crippen molar-refractivity contribution in [3.63, 3.8) is 0 Å². The number of nitrogens with zero attached hydrogens (tertiary/aromatic N) is 4. The average Bonchev–Trinajstić information content (AvgIpc) is 2.88. The topological polar surface area (TPSA) is 89.6 Å². The van der Waals surface area contributed by atoms with Gasteiger partial charge in [-0.1, -0.05) is 0 Å². The second-order valence-electron chi connectivity index (χ2n) is 3.84. The zero-order valence-electron chi connectivity index (χ0n) is 9.89. The van der Waals surface area contributed by atoms with Crippen molar-refractivity contribution >= 4 is 11.6 Å². The van der Waals surface area contributed by atoms with E-state index in [-0.39, 0.29) is 17.2 Å². The van der Waals surface area contributed by atoms with Crippen LogP contribution in [0.25, 0.3) is 5.65 Å². The van der Waals surface area contributed by atoms with Gasteiger partial charge in [-0.25, -0.2) is 14.2 Å². The van der Waals surface area contributed by atoms with Crippen LogP contribution in [-0.4, -0.2) is 30.7 Å². The van der Waals surface area contributed by atoms with Crippen molar-refractivity contribution in [1.29, 1.82) is 0 Å². The number of ether oxygens (including phenoxy) is 1. The van der Waals surface area contributed by atoms with Crippen molar-refractivity contribution in [1.82, 2.24) is 19.6 Å². The highest BCUT2D eigenvalue weighted by atomic mass is 19.1. The zero-order valence-corrected chi connectivity index (χ0v) is 9.89. The molecule has 0 saturated carbocycles. The molecule has 100 valence electrons. The van der Waals surface area contributed by atoms with Crippen LogP contribution in [0.1, 0.15) is 10.4 Å². The van der Waals surface area contributed by atoms with Gasteiger partial charge in [0.05, 0.1) is 0 Å². The third kappa shape index (κ3) is 2.03. The molecular weight excluding hydrogens is 267 g/mol. The summed E-state index contributed by atoms with van der Waals surface area (Å²) in [4.78, 5) is 15.0. The van der Waals surface area contributed by atoms with E-state index in [1.807, 2.05) is 0 Å². The van der Waals surface area contributed by atoms with Crippen LogP contribution in [0.5, 0.6) is 11.6 Å². The Morgan fingerprint density at radius 2 is 2.25 bits per heavy atom. The molecule has 2 aromatic heterocycles. The molecule has 0 aliphatic heterocycles. The van der Waals surface area contributed by atoms with E-state index in [9.17, 15) is 9.18 Å². The molecule has 1 aromatic carbocycles. The molecule has 1 N–H and O–H groups in total. The second-order valence-corrected chi connectivity index (χ2v) is 3.84. The molecule has 2 heterocycles. The fraction of sp³-hybridized carbons (Fsp3) is 0. The van der Waals surface area contributed by atoms with Crippen LogP contribution in [0.15, 0.2) is 36.9 Å². The fourth-order valence-corrected chi connectivity index (χ4v) is 1.67. The van der Waals surface area contributed by atoms with Crippen LogP contribution in [0, 0.1) is 5.82 Å². The van der Waals surface area contributed by atoms with E-state index in [4.69, 9.17) is 9.84 Å². The predicted octanol–water partition coefficient (Wildman–Crippen LogP) is 1.75. The Bertz CT molecular complexity index is 802. The minimum atomic E-state index is -1.23. The number of hydrogen-bond donors (Lipinski definition) is 1. The molecule has 0 aliphatic carbocycles. The molecule has 0 bridgehead atoms. The molecule has 3 aromatic rings. The number of carboxylic acids is 1. The molecule has 3 rings (SSSR count). The van der Waals surface area contributed by atoms with Crippen LogP contribution >= 0.6 is 0 Å². The Morgan fingerprint density at radius 3 is 3.05 bits per heavy atom. The Morgan fingerprint density at radius 1 is 1.40 bits per heavy atom. The summed E-state index contributed by atoms with van der Waals surface area (Å²) in [5.41, 5.74) is 0.128. The lowest BCUT2D eigenvalue weighted by atomic mass is 10.2. The van der Waals surface area contributed by atoms with Crippen LogP contribution in [0.3, 0.4) is 0 Å². The van der Waals surface area contributed by atoms with Crippen molar-refractivity contribution < 1.29 is 19.0 Å². The Labute approximate surface area is 111 Å². The third-order valence-electron chi connectivity index (χ3n) is 2.56. The van der Waals surface area contributed by atoms with E-state index in [1.165, 1.54) is 12.5 Å².